The number of anilines is 2. The normalized spacial score (nSPS) is 31.0. The summed E-state index contributed by atoms with van der Waals surface area (Å²) in [5.74, 6) is -0.0955. The second-order valence-corrected chi connectivity index (χ2v) is 13.5. The van der Waals surface area contributed by atoms with E-state index >= 15 is 0 Å². The fourth-order valence-corrected chi connectivity index (χ4v) is 8.80. The number of rotatable bonds is 4. The van der Waals surface area contributed by atoms with Crippen LogP contribution in [0.3, 0.4) is 0 Å². The lowest BCUT2D eigenvalue weighted by Gasteiger charge is -2.42. The van der Waals surface area contributed by atoms with Gasteiger partial charge in [-0.25, -0.2) is 0 Å². The van der Waals surface area contributed by atoms with Gasteiger partial charge in [0.15, 0.2) is 0 Å². The lowest BCUT2D eigenvalue weighted by Crippen LogP contribution is -2.48. The summed E-state index contributed by atoms with van der Waals surface area (Å²) >= 11 is 0. The molecule has 8 heteroatoms. The summed E-state index contributed by atoms with van der Waals surface area (Å²) in [5.41, 5.74) is -0.533. The van der Waals surface area contributed by atoms with E-state index in [0.717, 1.165) is 52.0 Å². The van der Waals surface area contributed by atoms with Gasteiger partial charge in [-0.05, 0) is 103 Å². The Labute approximate surface area is 238 Å². The van der Waals surface area contributed by atoms with Gasteiger partial charge in [0.05, 0.1) is 16.7 Å². The molecule has 1 saturated carbocycles. The molecule has 222 valence electrons. The van der Waals surface area contributed by atoms with Crippen molar-refractivity contribution >= 4 is 17.3 Å². The minimum Gasteiger partial charge on any atom is -0.370 e. The number of halogens is 3. The van der Waals surface area contributed by atoms with E-state index in [1.54, 1.807) is 6.07 Å². The van der Waals surface area contributed by atoms with Crippen LogP contribution in [-0.2, 0) is 11.0 Å². The first-order chi connectivity index (χ1) is 19.2. The first kappa shape index (κ1) is 28.3. The Morgan fingerprint density at radius 3 is 2.25 bits per heavy atom. The fraction of sp³-hybridized carbons (Fsp3) is 0.781. The highest BCUT2D eigenvalue weighted by atomic mass is 19.4. The van der Waals surface area contributed by atoms with E-state index < -0.39 is 17.2 Å². The number of nitrogens with zero attached hydrogens (tertiary/aromatic N) is 4. The van der Waals surface area contributed by atoms with Crippen molar-refractivity contribution in [1.82, 2.24) is 9.80 Å². The van der Waals surface area contributed by atoms with Crippen LogP contribution in [0, 0.1) is 5.41 Å². The maximum Gasteiger partial charge on any atom is 0.418 e. The van der Waals surface area contributed by atoms with Crippen LogP contribution < -0.4 is 9.80 Å². The number of hydrogen-bond donors (Lipinski definition) is 0. The Morgan fingerprint density at radius 2 is 1.55 bits per heavy atom. The second kappa shape index (κ2) is 11.1. The standard InChI is InChI=1S/C32H47F3N4O/c1-23-8-6-7-16-38(23)27-13-17-37(22-27)26-11-12-29(28(20-26)32(33,34)35)39-24(2)21-31(30(39)40)14-18-36(19-15-31)25-9-4-3-5-10-25/h11-12,20,23-25,27H,3-10,13-19,21-22H2,1-2H3/t23-,24?,27?/m0/s1. The lowest BCUT2D eigenvalue weighted by molar-refractivity contribution is -0.137. The lowest BCUT2D eigenvalue weighted by atomic mass is 9.75. The van der Waals surface area contributed by atoms with Gasteiger partial charge in [0.1, 0.15) is 0 Å². The molecule has 40 heavy (non-hydrogen) atoms. The van der Waals surface area contributed by atoms with Crippen LogP contribution >= 0.6 is 0 Å². The predicted molar refractivity (Wildman–Crippen MR) is 154 cm³/mol. The van der Waals surface area contributed by atoms with E-state index in [1.807, 2.05) is 13.0 Å². The molecule has 5 aliphatic rings. The van der Waals surface area contributed by atoms with E-state index in [1.165, 1.54) is 62.3 Å². The predicted octanol–water partition coefficient (Wildman–Crippen LogP) is 6.70. The first-order valence-corrected chi connectivity index (χ1v) is 16.0. The van der Waals surface area contributed by atoms with Crippen LogP contribution in [0.15, 0.2) is 18.2 Å². The summed E-state index contributed by atoms with van der Waals surface area (Å²) in [6.07, 6.45) is 8.63. The summed E-state index contributed by atoms with van der Waals surface area (Å²) in [5, 5.41) is 0. The molecule has 0 bridgehead atoms. The highest BCUT2D eigenvalue weighted by molar-refractivity contribution is 6.01. The van der Waals surface area contributed by atoms with Gasteiger partial charge in [0, 0.05) is 42.9 Å². The first-order valence-electron chi connectivity index (χ1n) is 16.0. The largest absolute Gasteiger partial charge is 0.418 e. The van der Waals surface area contributed by atoms with E-state index in [0.29, 0.717) is 30.2 Å². The number of carbonyl (C=O) groups excluding carboxylic acids is 1. The maximum absolute atomic E-state index is 14.6. The Morgan fingerprint density at radius 1 is 0.825 bits per heavy atom. The molecule has 4 heterocycles. The SMILES string of the molecule is CC1CC2(CCN(C3CCCCC3)CC2)C(=O)N1c1ccc(N2CCC(N3CCCC[C@@H]3C)C2)cc1C(F)(F)F. The van der Waals surface area contributed by atoms with E-state index in [2.05, 4.69) is 21.6 Å². The Bertz CT molecular complexity index is 1060. The molecule has 5 fully saturated rings. The highest BCUT2D eigenvalue weighted by Crippen LogP contribution is 2.49. The summed E-state index contributed by atoms with van der Waals surface area (Å²) < 4.78 is 43.7. The Kier molecular flexibility index (Phi) is 7.88. The summed E-state index contributed by atoms with van der Waals surface area (Å²) in [4.78, 5) is 22.7. The third-order valence-electron chi connectivity index (χ3n) is 11.0. The van der Waals surface area contributed by atoms with Gasteiger partial charge in [-0.15, -0.1) is 0 Å². The smallest absolute Gasteiger partial charge is 0.370 e. The molecule has 2 unspecified atom stereocenters. The molecule has 3 atom stereocenters. The van der Waals surface area contributed by atoms with Crippen LogP contribution in [0.25, 0.3) is 0 Å². The number of alkyl halides is 3. The minimum atomic E-state index is -4.52. The monoisotopic (exact) mass is 560 g/mol. The van der Waals surface area contributed by atoms with Gasteiger partial charge >= 0.3 is 6.18 Å². The number of amides is 1. The van der Waals surface area contributed by atoms with Gasteiger partial charge in [0.25, 0.3) is 0 Å². The van der Waals surface area contributed by atoms with E-state index in [9.17, 15) is 18.0 Å². The van der Waals surface area contributed by atoms with Crippen LogP contribution in [0.2, 0.25) is 0 Å². The number of carbonyl (C=O) groups is 1. The van der Waals surface area contributed by atoms with Gasteiger partial charge in [-0.2, -0.15) is 13.2 Å². The van der Waals surface area contributed by atoms with Crippen LogP contribution in [0.5, 0.6) is 0 Å². The van der Waals surface area contributed by atoms with Gasteiger partial charge < -0.3 is 14.7 Å². The zero-order valence-electron chi connectivity index (χ0n) is 24.4. The van der Waals surface area contributed by atoms with Crippen molar-refractivity contribution in [1.29, 1.82) is 0 Å². The fourth-order valence-electron chi connectivity index (χ4n) is 8.80. The van der Waals surface area contributed by atoms with Gasteiger partial charge in [-0.3, -0.25) is 9.69 Å². The highest BCUT2D eigenvalue weighted by Gasteiger charge is 2.53. The molecular weight excluding hydrogens is 513 g/mol. The topological polar surface area (TPSA) is 30.0 Å². The number of piperidine rings is 2. The summed E-state index contributed by atoms with van der Waals surface area (Å²) in [6, 6.07) is 6.03. The zero-order valence-corrected chi connectivity index (χ0v) is 24.4. The van der Waals surface area contributed by atoms with Crippen molar-refractivity contribution in [3.63, 3.8) is 0 Å². The average molecular weight is 561 g/mol. The molecule has 4 saturated heterocycles. The number of hydrogen-bond acceptors (Lipinski definition) is 4. The molecular formula is C32H47F3N4O. The van der Waals surface area contributed by atoms with E-state index in [4.69, 9.17) is 0 Å². The van der Waals surface area contributed by atoms with Crippen molar-refractivity contribution in [3.8, 4) is 0 Å². The molecule has 1 aromatic carbocycles. The molecule has 1 amide bonds. The second-order valence-electron chi connectivity index (χ2n) is 13.5. The molecule has 5 nitrogen and oxygen atoms in total. The van der Waals surface area contributed by atoms with Crippen molar-refractivity contribution in [2.45, 2.75) is 121 Å². The zero-order chi connectivity index (χ0) is 28.1. The Hall–Kier alpha value is -1.80. The van der Waals surface area contributed by atoms with Crippen molar-refractivity contribution in [2.75, 3.05) is 42.5 Å². The van der Waals surface area contributed by atoms with Crippen molar-refractivity contribution < 1.29 is 18.0 Å². The van der Waals surface area contributed by atoms with Crippen molar-refractivity contribution in [3.05, 3.63) is 23.8 Å². The van der Waals surface area contributed by atoms with Crippen LogP contribution in [0.4, 0.5) is 24.5 Å². The summed E-state index contributed by atoms with van der Waals surface area (Å²) in [6.45, 7) is 8.59. The molecule has 0 aromatic heterocycles. The van der Waals surface area contributed by atoms with Crippen LogP contribution in [0.1, 0.15) is 96.5 Å². The maximum atomic E-state index is 14.6. The number of benzene rings is 1. The molecule has 4 aliphatic heterocycles. The molecule has 1 spiro atoms. The molecule has 6 rings (SSSR count). The van der Waals surface area contributed by atoms with Gasteiger partial charge in [0.2, 0.25) is 5.91 Å². The Balaban J connectivity index is 1.19. The third kappa shape index (κ3) is 5.28. The minimum absolute atomic E-state index is 0.0423. The molecule has 1 aromatic rings. The quantitative estimate of drug-likeness (QED) is 0.410. The van der Waals surface area contributed by atoms with Crippen LogP contribution in [-0.4, -0.2) is 72.6 Å². The van der Waals surface area contributed by atoms with E-state index in [-0.39, 0.29) is 17.6 Å². The summed E-state index contributed by atoms with van der Waals surface area (Å²) in [7, 11) is 0. The average Bonchev–Trinajstić information content (AvgIpc) is 3.52. The number of likely N-dealkylation sites (tertiary alicyclic amines) is 2. The third-order valence-corrected chi connectivity index (χ3v) is 11.0. The molecule has 0 N–H and O–H groups in total. The molecule has 1 aliphatic carbocycles. The molecule has 0 radical (unpaired) electrons. The van der Waals surface area contributed by atoms with Gasteiger partial charge in [-0.1, -0.05) is 25.7 Å². The van der Waals surface area contributed by atoms with Crippen molar-refractivity contribution in [2.24, 2.45) is 5.41 Å².